The van der Waals surface area contributed by atoms with Crippen molar-refractivity contribution in [1.29, 1.82) is 0 Å². The van der Waals surface area contributed by atoms with Crippen LogP contribution in [0, 0.1) is 10.8 Å². The van der Waals surface area contributed by atoms with E-state index in [-0.39, 0.29) is 9.52 Å². The highest BCUT2D eigenvalue weighted by Gasteiger charge is 2.36. The van der Waals surface area contributed by atoms with E-state index in [0.717, 1.165) is 11.1 Å². The smallest absolute Gasteiger partial charge is 0.0277 e. The van der Waals surface area contributed by atoms with Crippen LogP contribution in [0.15, 0.2) is 0 Å². The van der Waals surface area contributed by atoms with Crippen LogP contribution in [0.3, 0.4) is 0 Å². The van der Waals surface area contributed by atoms with E-state index < -0.39 is 0 Å². The largest absolute Gasteiger partial charge is 0.0602 e. The third-order valence-corrected chi connectivity index (χ3v) is 9.04. The second-order valence-corrected chi connectivity index (χ2v) is 10.8. The monoisotopic (exact) mass is 254 g/mol. The molecule has 0 aromatic heterocycles. The van der Waals surface area contributed by atoms with E-state index in [1.54, 1.807) is 12.8 Å². The Kier molecular flexibility index (Phi) is 5.31. The molecule has 1 rings (SSSR count). The molecule has 0 aromatic rings. The normalized spacial score (nSPS) is 21.4. The summed E-state index contributed by atoms with van der Waals surface area (Å²) in [7, 11) is 0.0489. The van der Waals surface area contributed by atoms with E-state index in [1.165, 1.54) is 25.7 Å². The number of hydrogen-bond acceptors (Lipinski definition) is 0. The molecule has 0 saturated heterocycles. The Morgan fingerprint density at radius 2 is 1.18 bits per heavy atom. The summed E-state index contributed by atoms with van der Waals surface area (Å²) in [6.07, 6.45) is 9.13. The third-order valence-electron chi connectivity index (χ3n) is 4.63. The van der Waals surface area contributed by atoms with Crippen LogP contribution in [-0.4, -0.2) is 9.52 Å². The average Bonchev–Trinajstić information content (AvgIpc) is 2.38. The lowest BCUT2D eigenvalue weighted by Crippen LogP contribution is -2.33. The summed E-state index contributed by atoms with van der Waals surface area (Å²) in [4.78, 5) is 0. The Morgan fingerprint density at radius 1 is 0.765 bits per heavy atom. The molecule has 102 valence electrons. The molecule has 0 unspecified atom stereocenters. The predicted octanol–water partition coefficient (Wildman–Crippen LogP) is 5.18. The topological polar surface area (TPSA) is 0 Å². The van der Waals surface area contributed by atoms with Crippen LogP contribution in [0.5, 0.6) is 0 Å². The molecule has 0 amide bonds. The molecule has 0 heterocycles. The molecule has 0 bridgehead atoms. The lowest BCUT2D eigenvalue weighted by molar-refractivity contribution is 0.230. The second kappa shape index (κ2) is 5.91. The maximum Gasteiger partial charge on any atom is 0.0277 e. The van der Waals surface area contributed by atoms with Gasteiger partial charge in [-0.3, -0.25) is 0 Å². The summed E-state index contributed by atoms with van der Waals surface area (Å²) in [5.74, 6) is 0. The van der Waals surface area contributed by atoms with Gasteiger partial charge in [0.2, 0.25) is 0 Å². The molecular weight excluding hydrogens is 220 g/mol. The fourth-order valence-electron chi connectivity index (χ4n) is 3.94. The van der Waals surface area contributed by atoms with Crippen molar-refractivity contribution in [2.45, 2.75) is 91.1 Å². The van der Waals surface area contributed by atoms with Gasteiger partial charge in [0.05, 0.1) is 0 Å². The first-order valence-electron chi connectivity index (χ1n) is 7.71. The Hall–Kier alpha value is 0.217. The standard InChI is InChI=1S/C16H34Si/c1-15(2,3)14(16(4,5)6)17-13-11-9-7-8-10-12-13/h13-14H,7-12,17H2,1-6H3. The van der Waals surface area contributed by atoms with E-state index >= 15 is 0 Å². The first-order chi connectivity index (χ1) is 7.71. The fourth-order valence-corrected chi connectivity index (χ4v) is 7.07. The molecule has 1 aliphatic rings. The summed E-state index contributed by atoms with van der Waals surface area (Å²) < 4.78 is 0. The highest BCUT2D eigenvalue weighted by Crippen LogP contribution is 2.47. The van der Waals surface area contributed by atoms with Gasteiger partial charge in [0.15, 0.2) is 0 Å². The van der Waals surface area contributed by atoms with Gasteiger partial charge in [0.1, 0.15) is 0 Å². The molecule has 1 saturated carbocycles. The van der Waals surface area contributed by atoms with Crippen molar-refractivity contribution >= 4 is 9.52 Å². The Morgan fingerprint density at radius 3 is 1.53 bits per heavy atom. The van der Waals surface area contributed by atoms with Crippen LogP contribution in [0.4, 0.5) is 0 Å². The lowest BCUT2D eigenvalue weighted by Gasteiger charge is -2.42. The summed E-state index contributed by atoms with van der Waals surface area (Å²) in [6.45, 7) is 14.8. The highest BCUT2D eigenvalue weighted by atomic mass is 28.2. The van der Waals surface area contributed by atoms with Gasteiger partial charge in [-0.25, -0.2) is 0 Å². The van der Waals surface area contributed by atoms with Crippen molar-refractivity contribution in [3.05, 3.63) is 0 Å². The van der Waals surface area contributed by atoms with Gasteiger partial charge in [-0.15, -0.1) is 0 Å². The first kappa shape index (κ1) is 15.3. The summed E-state index contributed by atoms with van der Waals surface area (Å²) in [5.41, 5.74) is 3.15. The number of hydrogen-bond donors (Lipinski definition) is 0. The zero-order valence-electron chi connectivity index (χ0n) is 13.1. The average molecular weight is 255 g/mol. The van der Waals surface area contributed by atoms with E-state index in [9.17, 15) is 0 Å². The molecule has 0 atom stereocenters. The summed E-state index contributed by atoms with van der Waals surface area (Å²) >= 11 is 0. The van der Waals surface area contributed by atoms with Gasteiger partial charge in [-0.2, -0.15) is 0 Å². The van der Waals surface area contributed by atoms with Crippen LogP contribution < -0.4 is 0 Å². The van der Waals surface area contributed by atoms with Crippen molar-refractivity contribution in [2.75, 3.05) is 0 Å². The fraction of sp³-hybridized carbons (Fsp3) is 1.00. The lowest BCUT2D eigenvalue weighted by atomic mass is 9.77. The molecule has 0 nitrogen and oxygen atoms in total. The quantitative estimate of drug-likeness (QED) is 0.470. The van der Waals surface area contributed by atoms with Crippen molar-refractivity contribution in [3.63, 3.8) is 0 Å². The maximum atomic E-state index is 2.46. The molecule has 0 N–H and O–H groups in total. The van der Waals surface area contributed by atoms with Gasteiger partial charge < -0.3 is 0 Å². The summed E-state index contributed by atoms with van der Waals surface area (Å²) in [5, 5.41) is 0. The Balaban J connectivity index is 2.65. The Bertz CT molecular complexity index is 197. The molecule has 0 aliphatic heterocycles. The molecule has 17 heavy (non-hydrogen) atoms. The molecule has 1 aliphatic carbocycles. The molecule has 0 aromatic carbocycles. The number of rotatable bonds is 2. The molecule has 0 spiro atoms. The second-order valence-electron chi connectivity index (χ2n) is 8.38. The molecular formula is C16H34Si. The van der Waals surface area contributed by atoms with Crippen molar-refractivity contribution in [2.24, 2.45) is 10.8 Å². The molecule has 1 heteroatoms. The predicted molar refractivity (Wildman–Crippen MR) is 82.7 cm³/mol. The minimum atomic E-state index is 0.0489. The Labute approximate surface area is 112 Å². The van der Waals surface area contributed by atoms with Gasteiger partial charge in [0.25, 0.3) is 0 Å². The maximum absolute atomic E-state index is 2.46. The third kappa shape index (κ3) is 5.15. The highest BCUT2D eigenvalue weighted by molar-refractivity contribution is 6.40. The van der Waals surface area contributed by atoms with Gasteiger partial charge in [0, 0.05) is 9.52 Å². The van der Waals surface area contributed by atoms with Crippen molar-refractivity contribution in [3.8, 4) is 0 Å². The summed E-state index contributed by atoms with van der Waals surface area (Å²) in [6, 6.07) is 0. The minimum Gasteiger partial charge on any atom is -0.0602 e. The van der Waals surface area contributed by atoms with Crippen LogP contribution in [0.2, 0.25) is 11.1 Å². The molecule has 1 fully saturated rings. The van der Waals surface area contributed by atoms with Crippen LogP contribution in [-0.2, 0) is 0 Å². The van der Waals surface area contributed by atoms with Crippen molar-refractivity contribution in [1.82, 2.24) is 0 Å². The van der Waals surface area contributed by atoms with Crippen molar-refractivity contribution < 1.29 is 0 Å². The molecule has 0 radical (unpaired) electrons. The first-order valence-corrected chi connectivity index (χ1v) is 9.34. The van der Waals surface area contributed by atoms with E-state index in [4.69, 9.17) is 0 Å². The minimum absolute atomic E-state index is 0.0489. The van der Waals surface area contributed by atoms with Crippen LogP contribution in [0.1, 0.15) is 80.1 Å². The van der Waals surface area contributed by atoms with E-state index in [1.807, 2.05) is 0 Å². The zero-order chi connectivity index (χ0) is 13.1. The van der Waals surface area contributed by atoms with Crippen LogP contribution in [0.25, 0.3) is 0 Å². The van der Waals surface area contributed by atoms with Gasteiger partial charge in [-0.05, 0) is 16.4 Å². The van der Waals surface area contributed by atoms with E-state index in [0.29, 0.717) is 10.8 Å². The van der Waals surface area contributed by atoms with E-state index in [2.05, 4.69) is 41.5 Å². The van der Waals surface area contributed by atoms with Gasteiger partial charge >= 0.3 is 0 Å². The van der Waals surface area contributed by atoms with Gasteiger partial charge in [-0.1, -0.05) is 85.6 Å². The van der Waals surface area contributed by atoms with Crippen LogP contribution >= 0.6 is 0 Å². The SMILES string of the molecule is CC(C)(C)C([SiH2]C1CCCCCC1)C(C)(C)C. The zero-order valence-corrected chi connectivity index (χ0v) is 14.5.